The van der Waals surface area contributed by atoms with Crippen molar-refractivity contribution in [3.63, 3.8) is 0 Å². The summed E-state index contributed by atoms with van der Waals surface area (Å²) in [6.07, 6.45) is 4.27. The topological polar surface area (TPSA) is 51.4 Å². The number of anilines is 1. The van der Waals surface area contributed by atoms with Crippen molar-refractivity contribution in [3.05, 3.63) is 18.3 Å². The van der Waals surface area contributed by atoms with Crippen molar-refractivity contribution in [1.82, 2.24) is 4.98 Å². The van der Waals surface area contributed by atoms with Crippen LogP contribution >= 0.6 is 0 Å². The van der Waals surface area contributed by atoms with Crippen LogP contribution in [0.15, 0.2) is 18.3 Å². The van der Waals surface area contributed by atoms with Crippen molar-refractivity contribution in [2.75, 3.05) is 25.1 Å². The van der Waals surface area contributed by atoms with Gasteiger partial charge in [-0.2, -0.15) is 0 Å². The molecule has 0 aromatic carbocycles. The summed E-state index contributed by atoms with van der Waals surface area (Å²) in [5.74, 6) is 1.80. The molecule has 4 nitrogen and oxygen atoms in total. The van der Waals surface area contributed by atoms with Gasteiger partial charge < -0.3 is 15.4 Å². The Labute approximate surface area is 90.0 Å². The number of pyridine rings is 1. The number of nitrogens with zero attached hydrogens (tertiary/aromatic N) is 2. The van der Waals surface area contributed by atoms with E-state index in [9.17, 15) is 0 Å². The molecule has 1 saturated carbocycles. The van der Waals surface area contributed by atoms with Gasteiger partial charge in [0.2, 0.25) is 0 Å². The van der Waals surface area contributed by atoms with E-state index in [4.69, 9.17) is 10.5 Å². The van der Waals surface area contributed by atoms with Crippen LogP contribution < -0.4 is 15.4 Å². The van der Waals surface area contributed by atoms with Gasteiger partial charge in [-0.15, -0.1) is 0 Å². The number of nitrogens with two attached hydrogens (primary N) is 1. The van der Waals surface area contributed by atoms with E-state index in [0.29, 0.717) is 12.6 Å². The number of aromatic nitrogens is 1. The van der Waals surface area contributed by atoms with E-state index in [2.05, 4.69) is 9.88 Å². The number of methoxy groups -OCH3 is 1. The Morgan fingerprint density at radius 2 is 2.33 bits per heavy atom. The van der Waals surface area contributed by atoms with Crippen LogP contribution in [0.4, 0.5) is 5.82 Å². The molecule has 1 fully saturated rings. The summed E-state index contributed by atoms with van der Waals surface area (Å²) < 4.78 is 5.08. The van der Waals surface area contributed by atoms with Crippen LogP contribution in [0.3, 0.4) is 0 Å². The fourth-order valence-corrected chi connectivity index (χ4v) is 1.67. The minimum Gasteiger partial charge on any atom is -0.495 e. The monoisotopic (exact) mass is 207 g/mol. The molecule has 1 aliphatic carbocycles. The molecule has 1 aromatic rings. The van der Waals surface area contributed by atoms with E-state index in [0.717, 1.165) is 18.1 Å². The summed E-state index contributed by atoms with van der Waals surface area (Å²) in [7, 11) is 1.65. The van der Waals surface area contributed by atoms with Crippen LogP contribution in [-0.4, -0.2) is 31.2 Å². The highest BCUT2D eigenvalue weighted by Gasteiger charge is 2.29. The maximum Gasteiger partial charge on any atom is 0.137 e. The highest BCUT2D eigenvalue weighted by molar-refractivity contribution is 5.43. The molecule has 0 atom stereocenters. The lowest BCUT2D eigenvalue weighted by atomic mass is 10.3. The molecule has 0 unspecified atom stereocenters. The molecule has 2 N–H and O–H groups in total. The van der Waals surface area contributed by atoms with Gasteiger partial charge in [-0.1, -0.05) is 0 Å². The molecule has 0 radical (unpaired) electrons. The third kappa shape index (κ3) is 2.39. The van der Waals surface area contributed by atoms with E-state index in [1.165, 1.54) is 12.8 Å². The number of rotatable bonds is 5. The van der Waals surface area contributed by atoms with Gasteiger partial charge in [0, 0.05) is 19.1 Å². The van der Waals surface area contributed by atoms with E-state index in [1.807, 2.05) is 12.1 Å². The van der Waals surface area contributed by atoms with Crippen LogP contribution in [-0.2, 0) is 0 Å². The third-order valence-electron chi connectivity index (χ3n) is 2.61. The van der Waals surface area contributed by atoms with Gasteiger partial charge in [-0.3, -0.25) is 0 Å². The minimum atomic E-state index is 0.648. The molecular weight excluding hydrogens is 190 g/mol. The Morgan fingerprint density at radius 1 is 1.53 bits per heavy atom. The van der Waals surface area contributed by atoms with Gasteiger partial charge in [0.15, 0.2) is 0 Å². The zero-order valence-electron chi connectivity index (χ0n) is 9.02. The lowest BCUT2D eigenvalue weighted by Crippen LogP contribution is -2.32. The predicted octanol–water partition coefficient (Wildman–Crippen LogP) is 1.02. The van der Waals surface area contributed by atoms with Crippen molar-refractivity contribution in [1.29, 1.82) is 0 Å². The van der Waals surface area contributed by atoms with Crippen molar-refractivity contribution < 1.29 is 4.74 Å². The molecule has 0 bridgehead atoms. The first-order chi connectivity index (χ1) is 7.35. The van der Waals surface area contributed by atoms with E-state index in [-0.39, 0.29) is 0 Å². The van der Waals surface area contributed by atoms with Crippen molar-refractivity contribution in [2.45, 2.75) is 18.9 Å². The molecule has 15 heavy (non-hydrogen) atoms. The molecule has 0 aliphatic heterocycles. The molecule has 1 heterocycles. The molecule has 0 amide bonds. The molecule has 1 aromatic heterocycles. The van der Waals surface area contributed by atoms with Gasteiger partial charge in [-0.25, -0.2) is 4.98 Å². The molecule has 0 spiro atoms. The molecule has 2 rings (SSSR count). The molecular formula is C11H17N3O. The Bertz CT molecular complexity index is 308. The van der Waals surface area contributed by atoms with Gasteiger partial charge in [-0.05, 0) is 25.0 Å². The molecule has 0 saturated heterocycles. The summed E-state index contributed by atoms with van der Waals surface area (Å²) in [4.78, 5) is 6.65. The van der Waals surface area contributed by atoms with Gasteiger partial charge >= 0.3 is 0 Å². The van der Waals surface area contributed by atoms with Crippen LogP contribution in [0.2, 0.25) is 0 Å². The van der Waals surface area contributed by atoms with Gasteiger partial charge in [0.1, 0.15) is 11.6 Å². The molecule has 1 aliphatic rings. The summed E-state index contributed by atoms with van der Waals surface area (Å²) in [6.45, 7) is 1.55. The second-order valence-electron chi connectivity index (χ2n) is 3.77. The normalized spacial score (nSPS) is 15.1. The lowest BCUT2D eigenvalue weighted by Gasteiger charge is -2.22. The van der Waals surface area contributed by atoms with Crippen LogP contribution in [0.25, 0.3) is 0 Å². The predicted molar refractivity (Wildman–Crippen MR) is 60.2 cm³/mol. The number of hydrogen-bond donors (Lipinski definition) is 1. The average Bonchev–Trinajstić information content (AvgIpc) is 3.10. The standard InChI is InChI=1S/C11H17N3O/c1-15-10-4-5-11(13-8-10)14(7-6-12)9-2-3-9/h4-5,8-9H,2-3,6-7,12H2,1H3. The zero-order chi connectivity index (χ0) is 10.7. The molecule has 82 valence electrons. The Kier molecular flexibility index (Phi) is 3.06. The Hall–Kier alpha value is -1.29. The first-order valence-corrected chi connectivity index (χ1v) is 5.32. The first-order valence-electron chi connectivity index (χ1n) is 5.32. The zero-order valence-corrected chi connectivity index (χ0v) is 9.02. The first kappa shape index (κ1) is 10.2. The second-order valence-corrected chi connectivity index (χ2v) is 3.77. The largest absolute Gasteiger partial charge is 0.495 e. The van der Waals surface area contributed by atoms with E-state index < -0.39 is 0 Å². The maximum atomic E-state index is 5.59. The Balaban J connectivity index is 2.10. The van der Waals surface area contributed by atoms with E-state index in [1.54, 1.807) is 13.3 Å². The van der Waals surface area contributed by atoms with Crippen LogP contribution in [0.1, 0.15) is 12.8 Å². The second kappa shape index (κ2) is 4.49. The minimum absolute atomic E-state index is 0.648. The summed E-state index contributed by atoms with van der Waals surface area (Å²) in [5.41, 5.74) is 5.59. The number of hydrogen-bond acceptors (Lipinski definition) is 4. The van der Waals surface area contributed by atoms with Gasteiger partial charge in [0.05, 0.1) is 13.3 Å². The van der Waals surface area contributed by atoms with Crippen molar-refractivity contribution in [3.8, 4) is 5.75 Å². The lowest BCUT2D eigenvalue weighted by molar-refractivity contribution is 0.413. The van der Waals surface area contributed by atoms with Crippen molar-refractivity contribution >= 4 is 5.82 Å². The summed E-state index contributed by atoms with van der Waals surface area (Å²) >= 11 is 0. The smallest absolute Gasteiger partial charge is 0.137 e. The SMILES string of the molecule is COc1ccc(N(CCN)C2CC2)nc1. The highest BCUT2D eigenvalue weighted by Crippen LogP contribution is 2.30. The molecule has 4 heteroatoms. The van der Waals surface area contributed by atoms with Crippen LogP contribution in [0, 0.1) is 0 Å². The maximum absolute atomic E-state index is 5.59. The van der Waals surface area contributed by atoms with E-state index >= 15 is 0 Å². The van der Waals surface area contributed by atoms with Gasteiger partial charge in [0.25, 0.3) is 0 Å². The fourth-order valence-electron chi connectivity index (χ4n) is 1.67. The Morgan fingerprint density at radius 3 is 2.80 bits per heavy atom. The quantitative estimate of drug-likeness (QED) is 0.783. The number of ether oxygens (including phenoxy) is 1. The third-order valence-corrected chi connectivity index (χ3v) is 2.61. The van der Waals surface area contributed by atoms with Crippen molar-refractivity contribution in [2.24, 2.45) is 5.73 Å². The summed E-state index contributed by atoms with van der Waals surface area (Å²) in [5, 5.41) is 0. The highest BCUT2D eigenvalue weighted by atomic mass is 16.5. The fraction of sp³-hybridized carbons (Fsp3) is 0.545. The summed E-state index contributed by atoms with van der Waals surface area (Å²) in [6, 6.07) is 4.58. The average molecular weight is 207 g/mol. The van der Waals surface area contributed by atoms with Crippen LogP contribution in [0.5, 0.6) is 5.75 Å².